The number of ether oxygens (including phenoxy) is 1. The van der Waals surface area contributed by atoms with Crippen molar-refractivity contribution >= 4 is 11.9 Å². The lowest BCUT2D eigenvalue weighted by molar-refractivity contribution is -0.143. The predicted octanol–water partition coefficient (Wildman–Crippen LogP) is 16.1. The van der Waals surface area contributed by atoms with Crippen molar-refractivity contribution in [3.8, 4) is 0 Å². The molecule has 0 aliphatic rings. The lowest BCUT2D eigenvalue weighted by Crippen LogP contribution is -2.45. The van der Waals surface area contributed by atoms with Crippen molar-refractivity contribution in [3.63, 3.8) is 0 Å². The molecule has 61 heavy (non-hydrogen) atoms. The Balaban J connectivity index is 3.40. The fraction of sp³-hybridized carbons (Fsp3) is 0.855. The van der Waals surface area contributed by atoms with Gasteiger partial charge in [-0.1, -0.05) is 237 Å². The number of aliphatic hydroxyl groups is 2. The summed E-state index contributed by atoms with van der Waals surface area (Å²) in [4.78, 5) is 24.4. The van der Waals surface area contributed by atoms with E-state index in [1.807, 2.05) is 6.08 Å². The van der Waals surface area contributed by atoms with Crippen molar-refractivity contribution in [2.75, 3.05) is 13.2 Å². The van der Waals surface area contributed by atoms with E-state index in [-0.39, 0.29) is 18.5 Å². The molecule has 0 bridgehead atoms. The van der Waals surface area contributed by atoms with Crippen LogP contribution in [0.15, 0.2) is 36.5 Å². The Bertz CT molecular complexity index is 993. The molecule has 1 amide bonds. The maximum Gasteiger partial charge on any atom is 0.305 e. The molecule has 0 fully saturated rings. The van der Waals surface area contributed by atoms with E-state index in [1.54, 1.807) is 6.08 Å². The zero-order valence-electron chi connectivity index (χ0n) is 40.6. The number of esters is 1. The highest BCUT2D eigenvalue weighted by Gasteiger charge is 2.18. The normalized spacial score (nSPS) is 12.9. The maximum absolute atomic E-state index is 12.4. The topological polar surface area (TPSA) is 95.9 Å². The second-order valence-corrected chi connectivity index (χ2v) is 18.2. The molecule has 2 unspecified atom stereocenters. The molecule has 0 aliphatic carbocycles. The first kappa shape index (κ1) is 59.1. The first-order valence-corrected chi connectivity index (χ1v) is 26.8. The molecule has 2 atom stereocenters. The van der Waals surface area contributed by atoms with E-state index in [9.17, 15) is 19.8 Å². The monoisotopic (exact) mass is 858 g/mol. The van der Waals surface area contributed by atoms with Gasteiger partial charge in [0.05, 0.1) is 25.4 Å². The number of hydrogen-bond acceptors (Lipinski definition) is 5. The fourth-order valence-corrected chi connectivity index (χ4v) is 8.02. The SMILES string of the molecule is CCCCCC/C=C\C/C=C\CCCCCCCC(=O)OCCCCCCCCCCCCCCCCCCCCCC(=O)NC(CO)C(O)/C=C/CCCCCCCCC. The van der Waals surface area contributed by atoms with Gasteiger partial charge in [0, 0.05) is 12.8 Å². The van der Waals surface area contributed by atoms with Crippen LogP contribution >= 0.6 is 0 Å². The third-order valence-electron chi connectivity index (χ3n) is 12.2. The number of hydrogen-bond donors (Lipinski definition) is 3. The van der Waals surface area contributed by atoms with Gasteiger partial charge in [-0.05, 0) is 64.2 Å². The van der Waals surface area contributed by atoms with Crippen LogP contribution in [0.2, 0.25) is 0 Å². The number of carbonyl (C=O) groups excluding carboxylic acids is 2. The van der Waals surface area contributed by atoms with Crippen LogP contribution in [0.5, 0.6) is 0 Å². The molecule has 0 heterocycles. The molecule has 0 radical (unpaired) electrons. The lowest BCUT2D eigenvalue weighted by Gasteiger charge is -2.20. The summed E-state index contributed by atoms with van der Waals surface area (Å²) >= 11 is 0. The zero-order chi connectivity index (χ0) is 44.4. The summed E-state index contributed by atoms with van der Waals surface area (Å²) in [6.07, 6.45) is 61.6. The minimum Gasteiger partial charge on any atom is -0.466 e. The molecular weight excluding hydrogens is 755 g/mol. The van der Waals surface area contributed by atoms with Gasteiger partial charge in [0.15, 0.2) is 0 Å². The number of amides is 1. The van der Waals surface area contributed by atoms with Crippen molar-refractivity contribution in [1.82, 2.24) is 5.32 Å². The molecule has 0 aromatic carbocycles. The van der Waals surface area contributed by atoms with Crippen LogP contribution in [-0.4, -0.2) is 47.4 Å². The Kier molecular flexibility index (Phi) is 49.1. The standard InChI is InChI=1S/C55H103NO5/c1-3-5-7-9-11-13-14-15-16-23-26-29-33-37-41-45-49-55(60)61-50-46-42-38-34-30-27-24-21-19-17-18-20-22-25-28-32-36-40-44-48-54(59)56-52(51-57)53(58)47-43-39-35-31-12-10-8-6-4-2/h13-14,16,23,43,47,52-53,57-58H,3-12,15,17-22,24-42,44-46,48-51H2,1-2H3,(H,56,59)/b14-13-,23-16-,47-43+. The van der Waals surface area contributed by atoms with Crippen molar-refractivity contribution in [3.05, 3.63) is 36.5 Å². The highest BCUT2D eigenvalue weighted by atomic mass is 16.5. The van der Waals surface area contributed by atoms with Gasteiger partial charge >= 0.3 is 5.97 Å². The van der Waals surface area contributed by atoms with Crippen LogP contribution < -0.4 is 5.32 Å². The third kappa shape index (κ3) is 47.4. The van der Waals surface area contributed by atoms with Crippen molar-refractivity contribution in [1.29, 1.82) is 0 Å². The van der Waals surface area contributed by atoms with E-state index in [0.29, 0.717) is 19.4 Å². The molecule has 0 rings (SSSR count). The summed E-state index contributed by atoms with van der Waals surface area (Å²) in [5.74, 6) is -0.0803. The van der Waals surface area contributed by atoms with E-state index < -0.39 is 12.1 Å². The molecule has 0 saturated heterocycles. The van der Waals surface area contributed by atoms with Crippen LogP contribution in [-0.2, 0) is 14.3 Å². The van der Waals surface area contributed by atoms with Gasteiger partial charge in [0.25, 0.3) is 0 Å². The fourth-order valence-electron chi connectivity index (χ4n) is 8.02. The van der Waals surface area contributed by atoms with E-state index in [2.05, 4.69) is 43.5 Å². The van der Waals surface area contributed by atoms with Gasteiger partial charge in [-0.25, -0.2) is 0 Å². The number of rotatable bonds is 49. The Hall–Kier alpha value is -1.92. The average molecular weight is 858 g/mol. The summed E-state index contributed by atoms with van der Waals surface area (Å²) in [6, 6.07) is -0.628. The van der Waals surface area contributed by atoms with Gasteiger partial charge in [-0.3, -0.25) is 9.59 Å². The first-order chi connectivity index (χ1) is 30.0. The van der Waals surface area contributed by atoms with Gasteiger partial charge in [-0.2, -0.15) is 0 Å². The summed E-state index contributed by atoms with van der Waals surface area (Å²) in [5, 5.41) is 22.9. The largest absolute Gasteiger partial charge is 0.466 e. The Labute approximate surface area is 379 Å². The summed E-state index contributed by atoms with van der Waals surface area (Å²) in [5.41, 5.74) is 0. The van der Waals surface area contributed by atoms with Crippen LogP contribution in [0, 0.1) is 0 Å². The summed E-state index contributed by atoms with van der Waals surface area (Å²) in [6.45, 7) is 4.84. The number of unbranched alkanes of at least 4 members (excludes halogenated alkanes) is 34. The van der Waals surface area contributed by atoms with Gasteiger partial charge in [0.2, 0.25) is 5.91 Å². The smallest absolute Gasteiger partial charge is 0.305 e. The molecular formula is C55H103NO5. The van der Waals surface area contributed by atoms with Crippen molar-refractivity contribution < 1.29 is 24.5 Å². The van der Waals surface area contributed by atoms with Gasteiger partial charge in [0.1, 0.15) is 0 Å². The minimum absolute atomic E-state index is 0.00590. The number of allylic oxidation sites excluding steroid dienone is 5. The zero-order valence-corrected chi connectivity index (χ0v) is 40.6. The minimum atomic E-state index is -0.844. The Morgan fingerprint density at radius 3 is 1.26 bits per heavy atom. The molecule has 3 N–H and O–H groups in total. The predicted molar refractivity (Wildman–Crippen MR) is 264 cm³/mol. The number of aliphatic hydroxyl groups excluding tert-OH is 2. The van der Waals surface area contributed by atoms with E-state index in [0.717, 1.165) is 51.4 Å². The van der Waals surface area contributed by atoms with Crippen LogP contribution in [0.3, 0.4) is 0 Å². The summed E-state index contributed by atoms with van der Waals surface area (Å²) in [7, 11) is 0. The molecule has 0 saturated carbocycles. The Morgan fingerprint density at radius 1 is 0.459 bits per heavy atom. The molecule has 0 aromatic rings. The van der Waals surface area contributed by atoms with Crippen molar-refractivity contribution in [2.45, 2.75) is 289 Å². The molecule has 358 valence electrons. The molecule has 6 heteroatoms. The van der Waals surface area contributed by atoms with Crippen molar-refractivity contribution in [2.24, 2.45) is 0 Å². The first-order valence-electron chi connectivity index (χ1n) is 26.8. The highest BCUT2D eigenvalue weighted by Crippen LogP contribution is 2.16. The second-order valence-electron chi connectivity index (χ2n) is 18.2. The molecule has 0 aromatic heterocycles. The maximum atomic E-state index is 12.4. The third-order valence-corrected chi connectivity index (χ3v) is 12.2. The number of carbonyl (C=O) groups is 2. The van der Waals surface area contributed by atoms with E-state index in [1.165, 1.54) is 199 Å². The molecule has 0 spiro atoms. The van der Waals surface area contributed by atoms with E-state index in [4.69, 9.17) is 4.74 Å². The van der Waals surface area contributed by atoms with Gasteiger partial charge < -0.3 is 20.3 Å². The second kappa shape index (κ2) is 50.7. The lowest BCUT2D eigenvalue weighted by atomic mass is 10.0. The quantitative estimate of drug-likeness (QED) is 0.0322. The van der Waals surface area contributed by atoms with E-state index >= 15 is 0 Å². The molecule has 6 nitrogen and oxygen atoms in total. The molecule has 0 aliphatic heterocycles. The van der Waals surface area contributed by atoms with Crippen LogP contribution in [0.25, 0.3) is 0 Å². The van der Waals surface area contributed by atoms with Gasteiger partial charge in [-0.15, -0.1) is 0 Å². The summed E-state index contributed by atoms with van der Waals surface area (Å²) < 4.78 is 5.47. The van der Waals surface area contributed by atoms with Crippen LogP contribution in [0.1, 0.15) is 277 Å². The number of nitrogens with one attached hydrogen (secondary N) is 1. The highest BCUT2D eigenvalue weighted by molar-refractivity contribution is 5.76. The Morgan fingerprint density at radius 2 is 0.820 bits per heavy atom. The van der Waals surface area contributed by atoms with Crippen LogP contribution in [0.4, 0.5) is 0 Å². The average Bonchev–Trinajstić information content (AvgIpc) is 3.26.